The van der Waals surface area contributed by atoms with Crippen LogP contribution in [0.25, 0.3) is 11.4 Å². The van der Waals surface area contributed by atoms with E-state index in [0.29, 0.717) is 17.3 Å². The minimum Gasteiger partial charge on any atom is -0.465 e. The third kappa shape index (κ3) is 4.51. The summed E-state index contributed by atoms with van der Waals surface area (Å²) in [4.78, 5) is 18.4. The summed E-state index contributed by atoms with van der Waals surface area (Å²) in [5.74, 6) is 0.647. The molecule has 2 heterocycles. The predicted octanol–water partition coefficient (Wildman–Crippen LogP) is 4.04. The Morgan fingerprint density at radius 2 is 1.97 bits per heavy atom. The van der Waals surface area contributed by atoms with Crippen molar-refractivity contribution in [2.45, 2.75) is 25.3 Å². The van der Waals surface area contributed by atoms with Gasteiger partial charge in [0.25, 0.3) is 0 Å². The number of esters is 1. The maximum Gasteiger partial charge on any atom is 0.337 e. The number of carbonyl (C=O) groups is 1. The summed E-state index contributed by atoms with van der Waals surface area (Å²) in [7, 11) is 1.38. The van der Waals surface area contributed by atoms with Crippen molar-refractivity contribution in [1.82, 2.24) is 15.0 Å². The smallest absolute Gasteiger partial charge is 0.337 e. The van der Waals surface area contributed by atoms with Crippen LogP contribution in [-0.4, -0.2) is 41.2 Å². The van der Waals surface area contributed by atoms with Crippen LogP contribution in [0.2, 0.25) is 0 Å². The van der Waals surface area contributed by atoms with Gasteiger partial charge in [-0.25, -0.2) is 9.18 Å². The Morgan fingerprint density at radius 1 is 1.21 bits per heavy atom. The van der Waals surface area contributed by atoms with Crippen LogP contribution in [0.1, 0.15) is 40.6 Å². The van der Waals surface area contributed by atoms with E-state index < -0.39 is 0 Å². The zero-order valence-corrected chi connectivity index (χ0v) is 16.2. The fourth-order valence-electron chi connectivity index (χ4n) is 3.64. The Kier molecular flexibility index (Phi) is 5.67. The first-order chi connectivity index (χ1) is 14.1. The number of likely N-dealkylation sites (tertiary alicyclic amines) is 1. The van der Waals surface area contributed by atoms with Gasteiger partial charge in [0.05, 0.1) is 18.6 Å². The van der Waals surface area contributed by atoms with Crippen LogP contribution in [0.3, 0.4) is 0 Å². The summed E-state index contributed by atoms with van der Waals surface area (Å²) in [6.45, 7) is 2.61. The average Bonchev–Trinajstić information content (AvgIpc) is 3.25. The van der Waals surface area contributed by atoms with Crippen LogP contribution in [-0.2, 0) is 11.3 Å². The summed E-state index contributed by atoms with van der Waals surface area (Å²) >= 11 is 0. The Hall–Kier alpha value is -3.06. The van der Waals surface area contributed by atoms with Gasteiger partial charge < -0.3 is 9.26 Å². The highest BCUT2D eigenvalue weighted by atomic mass is 19.1. The molecule has 0 saturated carbocycles. The van der Waals surface area contributed by atoms with Gasteiger partial charge in [-0.1, -0.05) is 17.3 Å². The molecule has 0 bridgehead atoms. The molecule has 1 aliphatic heterocycles. The molecule has 4 rings (SSSR count). The molecule has 0 spiro atoms. The molecule has 0 N–H and O–H groups in total. The number of benzene rings is 2. The van der Waals surface area contributed by atoms with E-state index in [0.717, 1.165) is 43.6 Å². The second-order valence-corrected chi connectivity index (χ2v) is 7.23. The fourth-order valence-corrected chi connectivity index (χ4v) is 3.64. The molecule has 6 nitrogen and oxygen atoms in total. The van der Waals surface area contributed by atoms with Gasteiger partial charge in [-0.05, 0) is 61.3 Å². The molecule has 0 aliphatic carbocycles. The highest BCUT2D eigenvalue weighted by molar-refractivity contribution is 5.89. The molecule has 1 saturated heterocycles. The van der Waals surface area contributed by atoms with E-state index in [2.05, 4.69) is 15.0 Å². The molecule has 1 aliphatic rings. The van der Waals surface area contributed by atoms with Crippen molar-refractivity contribution < 1.29 is 18.4 Å². The van der Waals surface area contributed by atoms with Crippen LogP contribution in [0, 0.1) is 5.82 Å². The minimum absolute atomic E-state index is 0.166. The number of hydrogen-bond donors (Lipinski definition) is 0. The molecule has 3 aromatic rings. The molecule has 1 atom stereocenters. The minimum atomic E-state index is -0.331. The summed E-state index contributed by atoms with van der Waals surface area (Å²) in [6.07, 6.45) is 2.03. The summed E-state index contributed by atoms with van der Waals surface area (Å²) in [6, 6.07) is 13.6. The summed E-state index contributed by atoms with van der Waals surface area (Å²) in [5, 5.41) is 4.06. The molecule has 1 fully saturated rings. The van der Waals surface area contributed by atoms with Gasteiger partial charge in [0.15, 0.2) is 0 Å². The number of carbonyl (C=O) groups excluding carboxylic acids is 1. The zero-order chi connectivity index (χ0) is 20.2. The predicted molar refractivity (Wildman–Crippen MR) is 105 cm³/mol. The zero-order valence-electron chi connectivity index (χ0n) is 16.2. The van der Waals surface area contributed by atoms with Crippen molar-refractivity contribution in [3.63, 3.8) is 0 Å². The SMILES string of the molecule is COC(=O)c1ccc(CN2CCCC(c3nc(-c4ccc(F)cc4)no3)C2)cc1. The Bertz CT molecular complexity index is 970. The number of piperidine rings is 1. The van der Waals surface area contributed by atoms with E-state index in [9.17, 15) is 9.18 Å². The first kappa shape index (κ1) is 19.3. The monoisotopic (exact) mass is 395 g/mol. The van der Waals surface area contributed by atoms with Gasteiger partial charge in [0.1, 0.15) is 5.82 Å². The molecule has 1 unspecified atom stereocenters. The average molecular weight is 395 g/mol. The third-order valence-corrected chi connectivity index (χ3v) is 5.18. The van der Waals surface area contributed by atoms with Crippen LogP contribution in [0.5, 0.6) is 0 Å². The van der Waals surface area contributed by atoms with E-state index in [-0.39, 0.29) is 17.7 Å². The lowest BCUT2D eigenvalue weighted by molar-refractivity contribution is 0.0600. The first-order valence-electron chi connectivity index (χ1n) is 9.61. The first-order valence-corrected chi connectivity index (χ1v) is 9.61. The number of aromatic nitrogens is 2. The van der Waals surface area contributed by atoms with Gasteiger partial charge in [0.2, 0.25) is 11.7 Å². The van der Waals surface area contributed by atoms with Gasteiger partial charge >= 0.3 is 5.97 Å². The Balaban J connectivity index is 1.41. The van der Waals surface area contributed by atoms with E-state index in [4.69, 9.17) is 9.26 Å². The second kappa shape index (κ2) is 8.53. The van der Waals surface area contributed by atoms with Gasteiger partial charge in [0, 0.05) is 18.7 Å². The van der Waals surface area contributed by atoms with Crippen LogP contribution >= 0.6 is 0 Å². The Labute approximate surface area is 168 Å². The van der Waals surface area contributed by atoms with Crippen molar-refractivity contribution in [1.29, 1.82) is 0 Å². The number of ether oxygens (including phenoxy) is 1. The molecule has 0 radical (unpaired) electrons. The van der Waals surface area contributed by atoms with Crippen molar-refractivity contribution in [2.75, 3.05) is 20.2 Å². The standard InChI is InChI=1S/C22H22FN3O3/c1-28-22(27)17-6-4-15(5-7-17)13-26-12-2-3-18(14-26)21-24-20(25-29-21)16-8-10-19(23)11-9-16/h4-11,18H,2-3,12-14H2,1H3. The number of rotatable bonds is 5. The van der Waals surface area contributed by atoms with E-state index in [1.54, 1.807) is 24.3 Å². The molecule has 29 heavy (non-hydrogen) atoms. The lowest BCUT2D eigenvalue weighted by Crippen LogP contribution is -2.34. The molecule has 2 aromatic carbocycles. The van der Waals surface area contributed by atoms with Crippen LogP contribution < -0.4 is 0 Å². The molecular weight excluding hydrogens is 373 g/mol. The van der Waals surface area contributed by atoms with Crippen LogP contribution in [0.15, 0.2) is 53.1 Å². The number of nitrogens with zero attached hydrogens (tertiary/aromatic N) is 3. The molecule has 7 heteroatoms. The van der Waals surface area contributed by atoms with Gasteiger partial charge in [-0.3, -0.25) is 4.90 Å². The molecule has 0 amide bonds. The van der Waals surface area contributed by atoms with Crippen molar-refractivity contribution >= 4 is 5.97 Å². The summed E-state index contributed by atoms with van der Waals surface area (Å²) in [5.41, 5.74) is 2.42. The van der Waals surface area contributed by atoms with E-state index in [1.165, 1.54) is 19.2 Å². The molecular formula is C22H22FN3O3. The number of halogens is 1. The van der Waals surface area contributed by atoms with Crippen molar-refractivity contribution in [2.24, 2.45) is 0 Å². The lowest BCUT2D eigenvalue weighted by Gasteiger charge is -2.30. The topological polar surface area (TPSA) is 68.5 Å². The normalized spacial score (nSPS) is 17.2. The highest BCUT2D eigenvalue weighted by Crippen LogP contribution is 2.28. The Morgan fingerprint density at radius 3 is 2.69 bits per heavy atom. The number of methoxy groups -OCH3 is 1. The van der Waals surface area contributed by atoms with Crippen molar-refractivity contribution in [3.8, 4) is 11.4 Å². The van der Waals surface area contributed by atoms with Gasteiger partial charge in [-0.15, -0.1) is 0 Å². The van der Waals surface area contributed by atoms with E-state index in [1.807, 2.05) is 12.1 Å². The lowest BCUT2D eigenvalue weighted by atomic mass is 9.97. The van der Waals surface area contributed by atoms with E-state index >= 15 is 0 Å². The quantitative estimate of drug-likeness (QED) is 0.608. The maximum absolute atomic E-state index is 13.1. The summed E-state index contributed by atoms with van der Waals surface area (Å²) < 4.78 is 23.4. The largest absolute Gasteiger partial charge is 0.465 e. The fraction of sp³-hybridized carbons (Fsp3) is 0.318. The third-order valence-electron chi connectivity index (χ3n) is 5.18. The van der Waals surface area contributed by atoms with Crippen LogP contribution in [0.4, 0.5) is 4.39 Å². The second-order valence-electron chi connectivity index (χ2n) is 7.23. The number of hydrogen-bond acceptors (Lipinski definition) is 6. The molecule has 1 aromatic heterocycles. The molecule has 150 valence electrons. The van der Waals surface area contributed by atoms with Gasteiger partial charge in [-0.2, -0.15) is 4.98 Å². The van der Waals surface area contributed by atoms with Crippen molar-refractivity contribution in [3.05, 3.63) is 71.4 Å². The highest BCUT2D eigenvalue weighted by Gasteiger charge is 2.26. The maximum atomic E-state index is 13.1.